The minimum atomic E-state index is 0.0196. The number of ketones is 1. The fraction of sp³-hybridized carbons (Fsp3) is 0.417. The highest BCUT2D eigenvalue weighted by molar-refractivity contribution is 5.81. The van der Waals surface area contributed by atoms with Gasteiger partial charge in [0, 0.05) is 18.9 Å². The summed E-state index contributed by atoms with van der Waals surface area (Å²) >= 11 is 0. The number of nitrogens with two attached hydrogens (primary N) is 1. The quantitative estimate of drug-likeness (QED) is 0.772. The third-order valence-corrected chi connectivity index (χ3v) is 2.26. The molecular weight excluding hydrogens is 174 g/mol. The van der Waals surface area contributed by atoms with E-state index in [0.717, 1.165) is 12.0 Å². The van der Waals surface area contributed by atoms with E-state index >= 15 is 0 Å². The molecule has 0 heterocycles. The van der Waals surface area contributed by atoms with E-state index in [4.69, 9.17) is 5.73 Å². The van der Waals surface area contributed by atoms with Crippen molar-refractivity contribution in [2.75, 3.05) is 0 Å². The first-order valence-electron chi connectivity index (χ1n) is 5.03. The molecule has 1 aromatic rings. The van der Waals surface area contributed by atoms with Gasteiger partial charge in [0.2, 0.25) is 0 Å². The predicted octanol–water partition coefficient (Wildman–Crippen LogP) is 1.93. The fourth-order valence-corrected chi connectivity index (χ4v) is 1.33. The summed E-state index contributed by atoms with van der Waals surface area (Å²) in [4.78, 5) is 11.5. The van der Waals surface area contributed by atoms with Gasteiger partial charge < -0.3 is 5.73 Å². The molecule has 0 saturated carbocycles. The van der Waals surface area contributed by atoms with Crippen LogP contribution in [0.25, 0.3) is 0 Å². The molecule has 0 radical (unpaired) electrons. The SMILES string of the molecule is CCC(N)CC(=O)Cc1ccccc1. The monoisotopic (exact) mass is 191 g/mol. The Morgan fingerprint density at radius 2 is 2.00 bits per heavy atom. The van der Waals surface area contributed by atoms with E-state index in [0.29, 0.717) is 12.8 Å². The Morgan fingerprint density at radius 1 is 1.36 bits per heavy atom. The van der Waals surface area contributed by atoms with Crippen LogP contribution in [-0.4, -0.2) is 11.8 Å². The molecule has 0 aliphatic rings. The van der Waals surface area contributed by atoms with Crippen LogP contribution < -0.4 is 5.73 Å². The number of hydrogen-bond acceptors (Lipinski definition) is 2. The second kappa shape index (κ2) is 5.55. The van der Waals surface area contributed by atoms with Crippen LogP contribution in [0.4, 0.5) is 0 Å². The smallest absolute Gasteiger partial charge is 0.138 e. The van der Waals surface area contributed by atoms with Gasteiger partial charge in [-0.2, -0.15) is 0 Å². The van der Waals surface area contributed by atoms with Crippen molar-refractivity contribution in [2.24, 2.45) is 5.73 Å². The lowest BCUT2D eigenvalue weighted by molar-refractivity contribution is -0.118. The molecular formula is C12H17NO. The summed E-state index contributed by atoms with van der Waals surface area (Å²) in [5, 5.41) is 0. The maximum atomic E-state index is 11.5. The standard InChI is InChI=1S/C12H17NO/c1-2-11(13)9-12(14)8-10-6-4-3-5-7-10/h3-7,11H,2,8-9,13H2,1H3. The van der Waals surface area contributed by atoms with Crippen LogP contribution in [0.1, 0.15) is 25.3 Å². The van der Waals surface area contributed by atoms with Gasteiger partial charge in [0.05, 0.1) is 0 Å². The van der Waals surface area contributed by atoms with E-state index in [1.165, 1.54) is 0 Å². The van der Waals surface area contributed by atoms with Crippen LogP contribution in [0.2, 0.25) is 0 Å². The largest absolute Gasteiger partial charge is 0.327 e. The van der Waals surface area contributed by atoms with Gasteiger partial charge in [-0.25, -0.2) is 0 Å². The molecule has 2 nitrogen and oxygen atoms in total. The third kappa shape index (κ3) is 3.71. The number of hydrogen-bond donors (Lipinski definition) is 1. The summed E-state index contributed by atoms with van der Waals surface area (Å²) in [6.07, 6.45) is 1.86. The highest BCUT2D eigenvalue weighted by Gasteiger charge is 2.07. The molecule has 2 N–H and O–H groups in total. The van der Waals surface area contributed by atoms with Crippen molar-refractivity contribution in [1.29, 1.82) is 0 Å². The van der Waals surface area contributed by atoms with Crippen LogP contribution in [0.15, 0.2) is 30.3 Å². The van der Waals surface area contributed by atoms with E-state index in [1.807, 2.05) is 37.3 Å². The van der Waals surface area contributed by atoms with Crippen molar-refractivity contribution in [3.63, 3.8) is 0 Å². The minimum absolute atomic E-state index is 0.0196. The van der Waals surface area contributed by atoms with E-state index in [9.17, 15) is 4.79 Å². The maximum absolute atomic E-state index is 11.5. The molecule has 0 saturated heterocycles. The highest BCUT2D eigenvalue weighted by atomic mass is 16.1. The van der Waals surface area contributed by atoms with Gasteiger partial charge >= 0.3 is 0 Å². The number of carbonyl (C=O) groups excluding carboxylic acids is 1. The van der Waals surface area contributed by atoms with Gasteiger partial charge in [0.1, 0.15) is 5.78 Å². The molecule has 1 aromatic carbocycles. The van der Waals surface area contributed by atoms with E-state index in [-0.39, 0.29) is 11.8 Å². The number of rotatable bonds is 5. The highest BCUT2D eigenvalue weighted by Crippen LogP contribution is 2.04. The molecule has 1 atom stereocenters. The van der Waals surface area contributed by atoms with Gasteiger partial charge in [-0.3, -0.25) is 4.79 Å². The van der Waals surface area contributed by atoms with Crippen molar-refractivity contribution in [3.8, 4) is 0 Å². The lowest BCUT2D eigenvalue weighted by atomic mass is 10.0. The molecule has 1 rings (SSSR count). The summed E-state index contributed by atoms with van der Waals surface area (Å²) in [7, 11) is 0. The zero-order valence-corrected chi connectivity index (χ0v) is 8.57. The maximum Gasteiger partial charge on any atom is 0.138 e. The average Bonchev–Trinajstić information content (AvgIpc) is 2.19. The molecule has 1 unspecified atom stereocenters. The van der Waals surface area contributed by atoms with Crippen LogP contribution in [0, 0.1) is 0 Å². The van der Waals surface area contributed by atoms with Gasteiger partial charge in [-0.05, 0) is 12.0 Å². The lowest BCUT2D eigenvalue weighted by Gasteiger charge is -2.06. The summed E-state index contributed by atoms with van der Waals surface area (Å²) in [6, 6.07) is 9.80. The Morgan fingerprint density at radius 3 is 2.57 bits per heavy atom. The van der Waals surface area contributed by atoms with Crippen molar-refractivity contribution >= 4 is 5.78 Å². The lowest BCUT2D eigenvalue weighted by Crippen LogP contribution is -2.23. The zero-order chi connectivity index (χ0) is 10.4. The van der Waals surface area contributed by atoms with Crippen molar-refractivity contribution in [1.82, 2.24) is 0 Å². The van der Waals surface area contributed by atoms with Crippen molar-refractivity contribution < 1.29 is 4.79 Å². The third-order valence-electron chi connectivity index (χ3n) is 2.26. The Labute approximate surface area is 85.1 Å². The second-order valence-electron chi connectivity index (χ2n) is 3.57. The minimum Gasteiger partial charge on any atom is -0.327 e. The Balaban J connectivity index is 2.42. The van der Waals surface area contributed by atoms with Crippen molar-refractivity contribution in [3.05, 3.63) is 35.9 Å². The Bertz CT molecular complexity index is 282. The normalized spacial score (nSPS) is 12.4. The molecule has 0 fully saturated rings. The number of carbonyl (C=O) groups is 1. The van der Waals surface area contributed by atoms with Crippen molar-refractivity contribution in [2.45, 2.75) is 32.2 Å². The molecule has 0 bridgehead atoms. The first-order chi connectivity index (χ1) is 6.72. The van der Waals surface area contributed by atoms with Crippen LogP contribution in [-0.2, 0) is 11.2 Å². The fourth-order valence-electron chi connectivity index (χ4n) is 1.33. The Kier molecular flexibility index (Phi) is 4.33. The molecule has 76 valence electrons. The summed E-state index contributed by atoms with van der Waals surface area (Å²) < 4.78 is 0. The molecule has 14 heavy (non-hydrogen) atoms. The molecule has 0 amide bonds. The first-order valence-corrected chi connectivity index (χ1v) is 5.03. The Hall–Kier alpha value is -1.15. The zero-order valence-electron chi connectivity index (χ0n) is 8.57. The number of Topliss-reactive ketones (excluding diaryl/α,β-unsaturated/α-hetero) is 1. The predicted molar refractivity (Wildman–Crippen MR) is 58.0 cm³/mol. The summed E-state index contributed by atoms with van der Waals surface area (Å²) in [6.45, 7) is 2.00. The topological polar surface area (TPSA) is 43.1 Å². The van der Waals surface area contributed by atoms with Crippen LogP contribution >= 0.6 is 0 Å². The van der Waals surface area contributed by atoms with E-state index in [2.05, 4.69) is 0 Å². The van der Waals surface area contributed by atoms with Gasteiger partial charge in [0.15, 0.2) is 0 Å². The van der Waals surface area contributed by atoms with Gasteiger partial charge in [-0.15, -0.1) is 0 Å². The molecule has 2 heteroatoms. The molecule has 0 aromatic heterocycles. The van der Waals surface area contributed by atoms with E-state index in [1.54, 1.807) is 0 Å². The van der Waals surface area contributed by atoms with E-state index < -0.39 is 0 Å². The molecule has 0 aliphatic carbocycles. The summed E-state index contributed by atoms with van der Waals surface area (Å²) in [5.74, 6) is 0.227. The van der Waals surface area contributed by atoms with Crippen LogP contribution in [0.3, 0.4) is 0 Å². The van der Waals surface area contributed by atoms with Crippen LogP contribution in [0.5, 0.6) is 0 Å². The second-order valence-corrected chi connectivity index (χ2v) is 3.57. The summed E-state index contributed by atoms with van der Waals surface area (Å²) in [5.41, 5.74) is 6.78. The van der Waals surface area contributed by atoms with Gasteiger partial charge in [0.25, 0.3) is 0 Å². The molecule has 0 spiro atoms. The first kappa shape index (κ1) is 10.9. The molecule has 0 aliphatic heterocycles. The average molecular weight is 191 g/mol. The van der Waals surface area contributed by atoms with Gasteiger partial charge in [-0.1, -0.05) is 37.3 Å². The number of benzene rings is 1.